The molecule has 0 N–H and O–H groups in total. The third-order valence-electron chi connectivity index (χ3n) is 0.709. The van der Waals surface area contributed by atoms with E-state index in [1.165, 1.54) is 0 Å². The van der Waals surface area contributed by atoms with Crippen molar-refractivity contribution in [2.75, 3.05) is 0 Å². The second-order valence-corrected chi connectivity index (χ2v) is 3.55. The van der Waals surface area contributed by atoms with Crippen LogP contribution in [0, 0.1) is 0 Å². The quantitative estimate of drug-likeness (QED) is 0.596. The minimum atomic E-state index is -3.11. The van der Waals surface area contributed by atoms with Crippen LogP contribution in [0.3, 0.4) is 0 Å². The summed E-state index contributed by atoms with van der Waals surface area (Å²) in [5.41, 5.74) is -0.326. The average Bonchev–Trinajstić information content (AvgIpc) is 1.82. The minimum absolute atomic E-state index is 0.137. The molecule has 0 aromatic heterocycles. The van der Waals surface area contributed by atoms with Gasteiger partial charge in [-0.2, -0.15) is 0 Å². The van der Waals surface area contributed by atoms with Crippen molar-refractivity contribution in [1.29, 1.82) is 0 Å². The lowest BCUT2D eigenvalue weighted by atomic mass is 10.2. The molecule has 0 spiro atoms. The number of ether oxygens (including phenoxy) is 1. The Bertz CT molecular complexity index is 237. The van der Waals surface area contributed by atoms with Crippen LogP contribution in [0.4, 0.5) is 0 Å². The highest BCUT2D eigenvalue weighted by atomic mass is 32.2. The van der Waals surface area contributed by atoms with E-state index in [9.17, 15) is 4.79 Å². The molecule has 0 radical (unpaired) electrons. The van der Waals surface area contributed by atoms with Crippen molar-refractivity contribution >= 4 is 16.6 Å². The van der Waals surface area contributed by atoms with Crippen molar-refractivity contribution in [1.82, 2.24) is 0 Å². The fourth-order valence-corrected chi connectivity index (χ4v) is 0.414. The zero-order valence-corrected chi connectivity index (χ0v) is 8.97. The molecule has 0 atom stereocenters. The second-order valence-electron chi connectivity index (χ2n) is 3.14. The largest absolute Gasteiger partial charge is 0.460 e. The average molecular weight is 210 g/mol. The second kappa shape index (κ2) is 6.59. The van der Waals surface area contributed by atoms with Crippen molar-refractivity contribution in [3.63, 3.8) is 0 Å². The van der Waals surface area contributed by atoms with Crippen LogP contribution in [0.25, 0.3) is 0 Å². The van der Waals surface area contributed by atoms with Gasteiger partial charge in [-0.15, -0.1) is 12.6 Å². The van der Waals surface area contributed by atoms with Gasteiger partial charge in [-0.25, -0.2) is 0 Å². The summed E-state index contributed by atoms with van der Waals surface area (Å²) in [6.45, 7) is 7.37. The van der Waals surface area contributed by atoms with Gasteiger partial charge in [0.2, 0.25) is 0 Å². The van der Waals surface area contributed by atoms with E-state index in [4.69, 9.17) is 17.4 Å². The molecule has 5 nitrogen and oxygen atoms in total. The topological polar surface area (TPSA) is 77.5 Å². The molecular formula is C7H14O5S. The Labute approximate surface area is 79.2 Å². The number of rotatable bonds is 1. The van der Waals surface area contributed by atoms with E-state index in [0.717, 1.165) is 0 Å². The molecule has 0 aromatic carbocycles. The highest BCUT2D eigenvalue weighted by Gasteiger charge is 2.13. The maximum atomic E-state index is 10.6. The molecule has 0 amide bonds. The summed E-state index contributed by atoms with van der Waals surface area (Å²) in [5.74, 6) is -0.137. The smallest absolute Gasteiger partial charge is 0.425 e. The Kier molecular flexibility index (Phi) is 7.40. The van der Waals surface area contributed by atoms with Crippen LogP contribution in [-0.2, 0) is 20.1 Å². The molecular weight excluding hydrogens is 196 g/mol. The summed E-state index contributed by atoms with van der Waals surface area (Å²) < 4.78 is 30.3. The van der Waals surface area contributed by atoms with Crippen LogP contribution in [-0.4, -0.2) is 24.2 Å². The first kappa shape index (κ1) is 14.6. The van der Waals surface area contributed by atoms with Crippen molar-refractivity contribution in [3.05, 3.63) is 0 Å². The van der Waals surface area contributed by atoms with Crippen LogP contribution in [0.5, 0.6) is 0 Å². The first-order valence-corrected chi connectivity index (χ1v) is 4.67. The standard InChI is InChI=1S/C7H14O2.O3S/c1-5-6(8)9-7(2,3)4;1-4(2)3/h5H2,1-4H3;. The molecule has 0 rings (SSSR count). The number of carbonyl (C=O) groups excluding carboxylic acids is 1. The molecule has 0 fully saturated rings. The maximum absolute atomic E-state index is 10.6. The first-order valence-electron chi connectivity index (χ1n) is 3.67. The van der Waals surface area contributed by atoms with Crippen molar-refractivity contribution in [2.45, 2.75) is 39.7 Å². The molecule has 0 aromatic rings. The Balaban J connectivity index is 0. The lowest BCUT2D eigenvalue weighted by Gasteiger charge is -2.18. The fraction of sp³-hybridized carbons (Fsp3) is 0.857. The summed E-state index contributed by atoms with van der Waals surface area (Å²) in [5, 5.41) is 0. The van der Waals surface area contributed by atoms with Gasteiger partial charge in [0.1, 0.15) is 5.60 Å². The minimum Gasteiger partial charge on any atom is -0.460 e. The van der Waals surface area contributed by atoms with E-state index in [1.54, 1.807) is 6.92 Å². The van der Waals surface area contributed by atoms with E-state index in [1.807, 2.05) is 20.8 Å². The molecule has 0 saturated carbocycles. The van der Waals surface area contributed by atoms with Crippen LogP contribution >= 0.6 is 0 Å². The van der Waals surface area contributed by atoms with Gasteiger partial charge in [0.15, 0.2) is 0 Å². The van der Waals surface area contributed by atoms with E-state index in [-0.39, 0.29) is 11.6 Å². The Morgan fingerprint density at radius 2 is 1.54 bits per heavy atom. The highest BCUT2D eigenvalue weighted by molar-refractivity contribution is 7.59. The molecule has 0 aliphatic heterocycles. The summed E-state index contributed by atoms with van der Waals surface area (Å²) >= 11 is 0. The summed E-state index contributed by atoms with van der Waals surface area (Å²) in [6.07, 6.45) is 0.456. The van der Waals surface area contributed by atoms with Crippen molar-refractivity contribution in [3.8, 4) is 0 Å². The third kappa shape index (κ3) is 24.7. The summed E-state index contributed by atoms with van der Waals surface area (Å²) in [4.78, 5) is 10.6. The molecule has 78 valence electrons. The number of hydrogen-bond donors (Lipinski definition) is 0. The predicted octanol–water partition coefficient (Wildman–Crippen LogP) is 0.734. The van der Waals surface area contributed by atoms with Gasteiger partial charge < -0.3 is 4.74 Å². The van der Waals surface area contributed by atoms with Crippen LogP contribution in [0.15, 0.2) is 0 Å². The first-order chi connectivity index (χ1) is 5.69. The van der Waals surface area contributed by atoms with Gasteiger partial charge in [-0.05, 0) is 20.8 Å². The molecule has 6 heteroatoms. The Morgan fingerprint density at radius 1 is 1.23 bits per heavy atom. The lowest BCUT2D eigenvalue weighted by Crippen LogP contribution is -2.23. The van der Waals surface area contributed by atoms with Crippen LogP contribution < -0.4 is 0 Å². The zero-order chi connectivity index (χ0) is 11.1. The summed E-state index contributed by atoms with van der Waals surface area (Å²) in [7, 11) is -3.11. The Hall–Kier alpha value is -0.910. The van der Waals surface area contributed by atoms with Crippen LogP contribution in [0.2, 0.25) is 0 Å². The monoisotopic (exact) mass is 210 g/mol. The van der Waals surface area contributed by atoms with Gasteiger partial charge in [-0.3, -0.25) is 4.79 Å². The van der Waals surface area contributed by atoms with E-state index in [2.05, 4.69) is 0 Å². The number of hydrogen-bond acceptors (Lipinski definition) is 5. The van der Waals surface area contributed by atoms with Crippen molar-refractivity contribution < 1.29 is 22.2 Å². The fourth-order valence-electron chi connectivity index (χ4n) is 0.414. The number of carbonyl (C=O) groups is 1. The SMILES string of the molecule is CCC(=O)OC(C)(C)C.O=S(=O)=O. The normalized spacial score (nSPS) is 9.54. The predicted molar refractivity (Wildman–Crippen MR) is 45.8 cm³/mol. The van der Waals surface area contributed by atoms with E-state index < -0.39 is 10.6 Å². The van der Waals surface area contributed by atoms with E-state index >= 15 is 0 Å². The Morgan fingerprint density at radius 3 is 1.62 bits per heavy atom. The lowest BCUT2D eigenvalue weighted by molar-refractivity contribution is -0.154. The maximum Gasteiger partial charge on any atom is 0.425 e. The van der Waals surface area contributed by atoms with Crippen LogP contribution in [0.1, 0.15) is 34.1 Å². The molecule has 0 unspecified atom stereocenters. The number of esters is 1. The van der Waals surface area contributed by atoms with Gasteiger partial charge in [0.25, 0.3) is 0 Å². The van der Waals surface area contributed by atoms with Gasteiger partial charge >= 0.3 is 16.6 Å². The zero-order valence-electron chi connectivity index (χ0n) is 8.16. The molecule has 0 bridgehead atoms. The van der Waals surface area contributed by atoms with E-state index in [0.29, 0.717) is 6.42 Å². The molecule has 0 saturated heterocycles. The third-order valence-corrected chi connectivity index (χ3v) is 0.709. The van der Waals surface area contributed by atoms with Gasteiger partial charge in [0.05, 0.1) is 0 Å². The van der Waals surface area contributed by atoms with Crippen molar-refractivity contribution in [2.24, 2.45) is 0 Å². The van der Waals surface area contributed by atoms with Gasteiger partial charge in [0, 0.05) is 6.42 Å². The molecule has 0 aliphatic rings. The molecule has 0 heterocycles. The van der Waals surface area contributed by atoms with Gasteiger partial charge in [-0.1, -0.05) is 6.92 Å². The highest BCUT2D eigenvalue weighted by Crippen LogP contribution is 2.07. The molecule has 13 heavy (non-hydrogen) atoms. The molecule has 0 aliphatic carbocycles. The summed E-state index contributed by atoms with van der Waals surface area (Å²) in [6, 6.07) is 0.